The van der Waals surface area contributed by atoms with E-state index in [9.17, 15) is 5.11 Å². The first-order valence-electron chi connectivity index (χ1n) is 2.32. The van der Waals surface area contributed by atoms with Crippen LogP contribution in [0, 0.1) is 0 Å². The van der Waals surface area contributed by atoms with E-state index in [0.717, 1.165) is 0 Å². The Morgan fingerprint density at radius 2 is 2.00 bits per heavy atom. The van der Waals surface area contributed by atoms with Gasteiger partial charge in [0.1, 0.15) is 0 Å². The predicted molar refractivity (Wildman–Crippen MR) is 38.6 cm³/mol. The Hall–Kier alpha value is 1.43. The van der Waals surface area contributed by atoms with Gasteiger partial charge in [0, 0.05) is 9.50 Å². The third kappa shape index (κ3) is 3.22. The van der Waals surface area contributed by atoms with Crippen LogP contribution in [-0.4, -0.2) is 0 Å². The first-order chi connectivity index (χ1) is 4.20. The van der Waals surface area contributed by atoms with Crippen LogP contribution >= 0.6 is 27.5 Å². The average Bonchev–Trinajstić information content (AvgIpc) is 1.80. The van der Waals surface area contributed by atoms with Gasteiger partial charge in [0.05, 0.1) is 0 Å². The van der Waals surface area contributed by atoms with Gasteiger partial charge in [-0.05, 0) is 12.1 Å². The molecule has 1 aromatic rings. The second-order valence-electron chi connectivity index (χ2n) is 1.57. The zero-order valence-corrected chi connectivity index (χ0v) is 10.9. The van der Waals surface area contributed by atoms with Gasteiger partial charge >= 0.3 is 51.4 Å². The second kappa shape index (κ2) is 5.14. The molecule has 4 heteroatoms. The molecule has 1 nitrogen and oxygen atoms in total. The van der Waals surface area contributed by atoms with E-state index in [1.807, 2.05) is 0 Å². The minimum Gasteiger partial charge on any atom is -0.872 e. The summed E-state index contributed by atoms with van der Waals surface area (Å²) in [4.78, 5) is 0. The van der Waals surface area contributed by atoms with Gasteiger partial charge in [-0.2, -0.15) is 0 Å². The average molecular weight is 246 g/mol. The van der Waals surface area contributed by atoms with E-state index < -0.39 is 0 Å². The molecular formula is C6H3BrClKO. The molecule has 0 aliphatic heterocycles. The van der Waals surface area contributed by atoms with Crippen molar-refractivity contribution in [2.45, 2.75) is 0 Å². The predicted octanol–water partition coefficient (Wildman–Crippen LogP) is -0.820. The summed E-state index contributed by atoms with van der Waals surface area (Å²) in [6, 6.07) is 4.56. The van der Waals surface area contributed by atoms with Crippen LogP contribution in [0.2, 0.25) is 5.02 Å². The number of hydrogen-bond acceptors (Lipinski definition) is 1. The molecule has 0 aromatic heterocycles. The molecule has 0 saturated heterocycles. The third-order valence-electron chi connectivity index (χ3n) is 0.894. The summed E-state index contributed by atoms with van der Waals surface area (Å²) in [5, 5.41) is 11.2. The first kappa shape index (κ1) is 11.4. The Bertz CT molecular complexity index is 229. The largest absolute Gasteiger partial charge is 1.00 e. The molecule has 0 unspecified atom stereocenters. The van der Waals surface area contributed by atoms with Crippen molar-refractivity contribution in [2.24, 2.45) is 0 Å². The fraction of sp³-hybridized carbons (Fsp3) is 0. The summed E-state index contributed by atoms with van der Waals surface area (Å²) in [7, 11) is 0. The molecule has 1 rings (SSSR count). The van der Waals surface area contributed by atoms with Crippen molar-refractivity contribution in [2.75, 3.05) is 0 Å². The number of halogens is 2. The molecule has 1 aromatic carbocycles. The molecule has 0 amide bonds. The SMILES string of the molecule is [K+].[O-]c1ccc(Cl)cc1Br. The number of hydrogen-bond donors (Lipinski definition) is 0. The maximum Gasteiger partial charge on any atom is 1.00 e. The standard InChI is InChI=1S/C6H4BrClO.K/c7-5-3-4(8)1-2-6(5)9;/h1-3,9H;/q;+1/p-1. The summed E-state index contributed by atoms with van der Waals surface area (Å²) in [6.45, 7) is 0. The summed E-state index contributed by atoms with van der Waals surface area (Å²) < 4.78 is 0.509. The Morgan fingerprint density at radius 3 is 2.40 bits per heavy atom. The molecule has 10 heavy (non-hydrogen) atoms. The quantitative estimate of drug-likeness (QED) is 0.548. The number of rotatable bonds is 0. The van der Waals surface area contributed by atoms with Crippen LogP contribution in [0.3, 0.4) is 0 Å². The van der Waals surface area contributed by atoms with E-state index in [1.54, 1.807) is 12.1 Å². The Kier molecular flexibility index (Phi) is 5.87. The van der Waals surface area contributed by atoms with Crippen molar-refractivity contribution in [1.82, 2.24) is 0 Å². The van der Waals surface area contributed by atoms with Crippen molar-refractivity contribution in [3.8, 4) is 5.75 Å². The maximum atomic E-state index is 10.7. The molecule has 0 radical (unpaired) electrons. The van der Waals surface area contributed by atoms with Crippen molar-refractivity contribution < 1.29 is 56.5 Å². The van der Waals surface area contributed by atoms with Crippen LogP contribution in [0.1, 0.15) is 0 Å². The van der Waals surface area contributed by atoms with E-state index in [0.29, 0.717) is 9.50 Å². The van der Waals surface area contributed by atoms with E-state index in [2.05, 4.69) is 15.9 Å². The van der Waals surface area contributed by atoms with E-state index in [4.69, 9.17) is 11.6 Å². The van der Waals surface area contributed by atoms with Gasteiger partial charge < -0.3 is 5.11 Å². The Morgan fingerprint density at radius 1 is 1.40 bits per heavy atom. The minimum absolute atomic E-state index is 0. The normalized spacial score (nSPS) is 8.60. The smallest absolute Gasteiger partial charge is 0.872 e. The van der Waals surface area contributed by atoms with Gasteiger partial charge in [-0.25, -0.2) is 0 Å². The summed E-state index contributed by atoms with van der Waals surface area (Å²) in [5.74, 6) is -0.0422. The molecule has 0 N–H and O–H groups in total. The van der Waals surface area contributed by atoms with Crippen LogP contribution in [0.5, 0.6) is 5.75 Å². The molecule has 0 aliphatic rings. The molecule has 0 fully saturated rings. The van der Waals surface area contributed by atoms with Gasteiger partial charge in [0.25, 0.3) is 0 Å². The first-order valence-corrected chi connectivity index (χ1v) is 3.49. The fourth-order valence-electron chi connectivity index (χ4n) is 0.475. The zero-order chi connectivity index (χ0) is 6.85. The zero-order valence-electron chi connectivity index (χ0n) is 5.40. The minimum atomic E-state index is -0.0422. The van der Waals surface area contributed by atoms with Crippen LogP contribution in [0.25, 0.3) is 0 Å². The summed E-state index contributed by atoms with van der Waals surface area (Å²) >= 11 is 8.60. The van der Waals surface area contributed by atoms with E-state index in [1.165, 1.54) is 6.07 Å². The van der Waals surface area contributed by atoms with Crippen molar-refractivity contribution in [1.29, 1.82) is 0 Å². The summed E-state index contributed by atoms with van der Waals surface area (Å²) in [6.07, 6.45) is 0. The Labute approximate surface area is 115 Å². The number of benzene rings is 1. The van der Waals surface area contributed by atoms with Gasteiger partial charge in [0.15, 0.2) is 0 Å². The molecule has 0 atom stereocenters. The van der Waals surface area contributed by atoms with Crippen molar-refractivity contribution >= 4 is 27.5 Å². The van der Waals surface area contributed by atoms with Gasteiger partial charge in [0.2, 0.25) is 0 Å². The molecule has 0 saturated carbocycles. The van der Waals surface area contributed by atoms with Crippen LogP contribution < -0.4 is 56.5 Å². The molecule has 0 bridgehead atoms. The monoisotopic (exact) mass is 244 g/mol. The van der Waals surface area contributed by atoms with Crippen molar-refractivity contribution in [3.05, 3.63) is 27.7 Å². The van der Waals surface area contributed by atoms with Crippen LogP contribution in [0.4, 0.5) is 0 Å². The van der Waals surface area contributed by atoms with E-state index in [-0.39, 0.29) is 57.1 Å². The second-order valence-corrected chi connectivity index (χ2v) is 2.87. The Balaban J connectivity index is 0.000000810. The molecule has 48 valence electrons. The molecule has 0 heterocycles. The van der Waals surface area contributed by atoms with Gasteiger partial charge in [-0.1, -0.05) is 39.3 Å². The van der Waals surface area contributed by atoms with Crippen molar-refractivity contribution in [3.63, 3.8) is 0 Å². The maximum absolute atomic E-state index is 10.7. The summed E-state index contributed by atoms with van der Waals surface area (Å²) in [5.41, 5.74) is 0. The third-order valence-corrected chi connectivity index (χ3v) is 1.75. The topological polar surface area (TPSA) is 23.1 Å². The van der Waals surface area contributed by atoms with Crippen LogP contribution in [0.15, 0.2) is 22.7 Å². The van der Waals surface area contributed by atoms with Gasteiger partial charge in [-0.3, -0.25) is 0 Å². The van der Waals surface area contributed by atoms with Crippen LogP contribution in [-0.2, 0) is 0 Å². The molecule has 0 aliphatic carbocycles. The molecular weight excluding hydrogens is 243 g/mol. The molecule has 0 spiro atoms. The van der Waals surface area contributed by atoms with Gasteiger partial charge in [-0.15, -0.1) is 0 Å². The van der Waals surface area contributed by atoms with E-state index >= 15 is 0 Å². The fourth-order valence-corrected chi connectivity index (χ4v) is 1.16.